The van der Waals surface area contributed by atoms with Crippen LogP contribution in [0.25, 0.3) is 0 Å². The molecule has 0 fully saturated rings. The summed E-state index contributed by atoms with van der Waals surface area (Å²) in [7, 11) is 0. The molecular formula is C24H37N3O6. The Morgan fingerprint density at radius 3 is 2.30 bits per heavy atom. The minimum Gasteiger partial charge on any atom is -0.466 e. The van der Waals surface area contributed by atoms with Crippen LogP contribution in [0.3, 0.4) is 0 Å². The largest absolute Gasteiger partial charge is 0.466 e. The van der Waals surface area contributed by atoms with Gasteiger partial charge in [-0.25, -0.2) is 4.79 Å². The molecule has 0 spiro atoms. The SMILES string of the molecule is CCOC(=O)CCNC(=O)C(c1cc(C)ccc1C)N(CC)C(=O)CNC(=O)OC(C)(C)C. The number of nitrogens with zero attached hydrogens (tertiary/aromatic N) is 1. The van der Waals surface area contributed by atoms with Crippen molar-refractivity contribution in [3.05, 3.63) is 34.9 Å². The highest BCUT2D eigenvalue weighted by Crippen LogP contribution is 2.26. The lowest BCUT2D eigenvalue weighted by Crippen LogP contribution is -2.48. The van der Waals surface area contributed by atoms with E-state index in [0.717, 1.165) is 11.1 Å². The van der Waals surface area contributed by atoms with Crippen molar-refractivity contribution < 1.29 is 28.7 Å². The number of likely N-dealkylation sites (N-methyl/N-ethyl adjacent to an activating group) is 1. The van der Waals surface area contributed by atoms with Crippen LogP contribution in [0.4, 0.5) is 4.79 Å². The topological polar surface area (TPSA) is 114 Å². The summed E-state index contributed by atoms with van der Waals surface area (Å²) in [6, 6.07) is 4.75. The number of hydrogen-bond donors (Lipinski definition) is 2. The van der Waals surface area contributed by atoms with E-state index in [4.69, 9.17) is 9.47 Å². The van der Waals surface area contributed by atoms with Gasteiger partial charge in [-0.3, -0.25) is 14.4 Å². The number of alkyl carbamates (subject to hydrolysis) is 1. The highest BCUT2D eigenvalue weighted by atomic mass is 16.6. The molecule has 0 bridgehead atoms. The minimum absolute atomic E-state index is 0.0272. The second kappa shape index (κ2) is 12.8. The molecule has 0 radical (unpaired) electrons. The molecule has 0 aliphatic carbocycles. The van der Waals surface area contributed by atoms with Gasteiger partial charge in [-0.15, -0.1) is 0 Å². The Hall–Kier alpha value is -3.10. The Morgan fingerprint density at radius 2 is 1.73 bits per heavy atom. The molecule has 0 saturated carbocycles. The van der Waals surface area contributed by atoms with Crippen LogP contribution in [0.2, 0.25) is 0 Å². The van der Waals surface area contributed by atoms with Crippen LogP contribution in [-0.4, -0.2) is 60.6 Å². The molecule has 2 N–H and O–H groups in total. The van der Waals surface area contributed by atoms with Gasteiger partial charge in [0.05, 0.1) is 13.0 Å². The summed E-state index contributed by atoms with van der Waals surface area (Å²) in [6.07, 6.45) is -0.687. The summed E-state index contributed by atoms with van der Waals surface area (Å²) in [6.45, 7) is 12.7. The number of amides is 3. The highest BCUT2D eigenvalue weighted by Gasteiger charge is 2.32. The molecule has 33 heavy (non-hydrogen) atoms. The quantitative estimate of drug-likeness (QED) is 0.516. The molecule has 0 aliphatic heterocycles. The lowest BCUT2D eigenvalue weighted by Gasteiger charge is -2.31. The van der Waals surface area contributed by atoms with Gasteiger partial charge in [0.2, 0.25) is 11.8 Å². The zero-order chi connectivity index (χ0) is 25.2. The fourth-order valence-electron chi connectivity index (χ4n) is 3.19. The Labute approximate surface area is 196 Å². The maximum absolute atomic E-state index is 13.2. The van der Waals surface area contributed by atoms with Crippen molar-refractivity contribution in [1.29, 1.82) is 0 Å². The van der Waals surface area contributed by atoms with E-state index in [1.54, 1.807) is 34.6 Å². The van der Waals surface area contributed by atoms with E-state index in [-0.39, 0.29) is 32.7 Å². The van der Waals surface area contributed by atoms with E-state index in [1.165, 1.54) is 4.90 Å². The zero-order valence-electron chi connectivity index (χ0n) is 20.7. The van der Waals surface area contributed by atoms with Crippen molar-refractivity contribution in [2.75, 3.05) is 26.2 Å². The fraction of sp³-hybridized carbons (Fsp3) is 0.583. The number of carbonyl (C=O) groups is 4. The number of hydrogen-bond acceptors (Lipinski definition) is 6. The lowest BCUT2D eigenvalue weighted by molar-refractivity contribution is -0.143. The first kappa shape index (κ1) is 27.9. The van der Waals surface area contributed by atoms with Crippen molar-refractivity contribution in [3.63, 3.8) is 0 Å². The number of ether oxygens (including phenoxy) is 2. The first-order valence-corrected chi connectivity index (χ1v) is 11.2. The summed E-state index contributed by atoms with van der Waals surface area (Å²) >= 11 is 0. The van der Waals surface area contributed by atoms with Crippen LogP contribution < -0.4 is 10.6 Å². The van der Waals surface area contributed by atoms with Gasteiger partial charge in [-0.1, -0.05) is 23.8 Å². The molecule has 0 aromatic heterocycles. The van der Waals surface area contributed by atoms with Crippen LogP contribution in [-0.2, 0) is 23.9 Å². The van der Waals surface area contributed by atoms with E-state index in [0.29, 0.717) is 5.56 Å². The zero-order valence-corrected chi connectivity index (χ0v) is 20.7. The molecule has 0 saturated heterocycles. The van der Waals surface area contributed by atoms with Crippen LogP contribution >= 0.6 is 0 Å². The van der Waals surface area contributed by atoms with Crippen molar-refractivity contribution in [2.45, 2.75) is 66.5 Å². The molecule has 0 aliphatic rings. The maximum Gasteiger partial charge on any atom is 0.408 e. The van der Waals surface area contributed by atoms with Crippen molar-refractivity contribution >= 4 is 23.9 Å². The predicted molar refractivity (Wildman–Crippen MR) is 125 cm³/mol. The Kier molecular flexibility index (Phi) is 10.8. The summed E-state index contributed by atoms with van der Waals surface area (Å²) in [5.41, 5.74) is 1.77. The Morgan fingerprint density at radius 1 is 1.06 bits per heavy atom. The molecular weight excluding hydrogens is 426 g/mol. The summed E-state index contributed by atoms with van der Waals surface area (Å²) < 4.78 is 10.1. The third kappa shape index (κ3) is 9.51. The highest BCUT2D eigenvalue weighted by molar-refractivity contribution is 5.90. The van der Waals surface area contributed by atoms with Crippen LogP contribution in [0, 0.1) is 13.8 Å². The monoisotopic (exact) mass is 463 g/mol. The number of nitrogens with one attached hydrogen (secondary N) is 2. The molecule has 1 aromatic rings. The first-order valence-electron chi connectivity index (χ1n) is 11.2. The predicted octanol–water partition coefficient (Wildman–Crippen LogP) is 2.79. The number of aryl methyl sites for hydroxylation is 2. The van der Waals surface area contributed by atoms with Gasteiger partial charge < -0.3 is 25.0 Å². The summed E-state index contributed by atoms with van der Waals surface area (Å²) in [4.78, 5) is 51.2. The average Bonchev–Trinajstić information content (AvgIpc) is 2.71. The number of rotatable bonds is 10. The molecule has 1 rings (SSSR count). The fourth-order valence-corrected chi connectivity index (χ4v) is 3.19. The van der Waals surface area contributed by atoms with Crippen molar-refractivity contribution in [1.82, 2.24) is 15.5 Å². The van der Waals surface area contributed by atoms with E-state index in [2.05, 4.69) is 10.6 Å². The smallest absolute Gasteiger partial charge is 0.408 e. The van der Waals surface area contributed by atoms with Crippen LogP contribution in [0.1, 0.15) is 63.8 Å². The minimum atomic E-state index is -0.926. The summed E-state index contributed by atoms with van der Waals surface area (Å²) in [5.74, 6) is -1.26. The normalized spacial score (nSPS) is 11.8. The Bertz CT molecular complexity index is 847. The lowest BCUT2D eigenvalue weighted by atomic mass is 9.96. The van der Waals surface area contributed by atoms with Crippen molar-refractivity contribution in [3.8, 4) is 0 Å². The molecule has 1 atom stereocenters. The summed E-state index contributed by atoms with van der Waals surface area (Å²) in [5, 5.41) is 5.19. The van der Waals surface area contributed by atoms with Gasteiger partial charge in [0, 0.05) is 13.1 Å². The third-order valence-corrected chi connectivity index (χ3v) is 4.67. The molecule has 3 amide bonds. The average molecular weight is 464 g/mol. The second-order valence-corrected chi connectivity index (χ2v) is 8.64. The van der Waals surface area contributed by atoms with Gasteiger partial charge in [0.25, 0.3) is 0 Å². The van der Waals surface area contributed by atoms with E-state index in [9.17, 15) is 19.2 Å². The van der Waals surface area contributed by atoms with Gasteiger partial charge in [0.15, 0.2) is 0 Å². The van der Waals surface area contributed by atoms with Gasteiger partial charge in [-0.05, 0) is 59.6 Å². The standard InChI is InChI=1S/C24H37N3O6/c1-8-27(19(28)15-26-23(31)33-24(5,6)7)21(18-14-16(3)10-11-17(18)4)22(30)25-13-12-20(29)32-9-2/h10-11,14,21H,8-9,12-13,15H2,1-7H3,(H,25,30)(H,26,31). The number of benzene rings is 1. The van der Waals surface area contributed by atoms with Gasteiger partial charge >= 0.3 is 12.1 Å². The Balaban J connectivity index is 3.08. The number of carbonyl (C=O) groups excluding carboxylic acids is 4. The first-order chi connectivity index (χ1) is 15.4. The molecule has 1 unspecified atom stereocenters. The van der Waals surface area contributed by atoms with Crippen molar-refractivity contribution in [2.24, 2.45) is 0 Å². The third-order valence-electron chi connectivity index (χ3n) is 4.67. The molecule has 9 nitrogen and oxygen atoms in total. The molecule has 0 heterocycles. The molecule has 184 valence electrons. The second-order valence-electron chi connectivity index (χ2n) is 8.64. The van der Waals surface area contributed by atoms with Crippen LogP contribution in [0.5, 0.6) is 0 Å². The van der Waals surface area contributed by atoms with Crippen LogP contribution in [0.15, 0.2) is 18.2 Å². The van der Waals surface area contributed by atoms with E-state index in [1.807, 2.05) is 32.0 Å². The molecule has 9 heteroatoms. The maximum atomic E-state index is 13.2. The van der Waals surface area contributed by atoms with E-state index < -0.39 is 35.5 Å². The molecule has 1 aromatic carbocycles. The van der Waals surface area contributed by atoms with Gasteiger partial charge in [-0.2, -0.15) is 0 Å². The van der Waals surface area contributed by atoms with E-state index >= 15 is 0 Å². The van der Waals surface area contributed by atoms with Gasteiger partial charge in [0.1, 0.15) is 18.2 Å². The number of esters is 1.